The van der Waals surface area contributed by atoms with E-state index in [1.165, 1.54) is 0 Å². The monoisotopic (exact) mass is 288 g/mol. The molecule has 104 valence electrons. The first-order valence-corrected chi connectivity index (χ1v) is 6.67. The molecule has 4 heteroatoms. The zero-order valence-corrected chi connectivity index (χ0v) is 12.3. The number of aliphatic imine (C=N–C) groups is 1. The van der Waals surface area contributed by atoms with Crippen molar-refractivity contribution in [3.05, 3.63) is 64.2 Å². The molecule has 0 heterocycles. The second kappa shape index (κ2) is 6.44. The molecule has 0 aliphatic carbocycles. The molecule has 0 atom stereocenters. The fourth-order valence-corrected chi connectivity index (χ4v) is 1.97. The van der Waals surface area contributed by atoms with Crippen molar-refractivity contribution in [2.45, 2.75) is 13.5 Å². The molecule has 0 saturated carbocycles. The molecule has 0 fully saturated rings. The molecule has 0 aromatic heterocycles. The molecular weight excluding hydrogens is 272 g/mol. The van der Waals surface area contributed by atoms with E-state index in [1.54, 1.807) is 7.11 Å². The van der Waals surface area contributed by atoms with Crippen molar-refractivity contribution in [2.75, 3.05) is 7.11 Å². The Kier molecular flexibility index (Phi) is 4.64. The first-order chi connectivity index (χ1) is 9.60. The van der Waals surface area contributed by atoms with Gasteiger partial charge in [0.1, 0.15) is 11.6 Å². The number of amidine groups is 1. The van der Waals surface area contributed by atoms with E-state index >= 15 is 0 Å². The van der Waals surface area contributed by atoms with Crippen molar-refractivity contribution >= 4 is 17.4 Å². The predicted molar refractivity (Wildman–Crippen MR) is 83.6 cm³/mol. The molecule has 2 rings (SSSR count). The van der Waals surface area contributed by atoms with E-state index in [4.69, 9.17) is 22.1 Å². The van der Waals surface area contributed by atoms with Crippen LogP contribution in [-0.4, -0.2) is 12.9 Å². The van der Waals surface area contributed by atoms with Crippen LogP contribution < -0.4 is 10.5 Å². The summed E-state index contributed by atoms with van der Waals surface area (Å²) in [6, 6.07) is 13.5. The maximum Gasteiger partial charge on any atom is 0.126 e. The lowest BCUT2D eigenvalue weighted by Crippen LogP contribution is -2.13. The van der Waals surface area contributed by atoms with Crippen molar-refractivity contribution < 1.29 is 4.74 Å². The molecule has 20 heavy (non-hydrogen) atoms. The van der Waals surface area contributed by atoms with Crippen LogP contribution in [0, 0.1) is 6.92 Å². The minimum Gasteiger partial charge on any atom is -0.497 e. The average molecular weight is 289 g/mol. The minimum absolute atomic E-state index is 0.481. The van der Waals surface area contributed by atoms with Gasteiger partial charge in [-0.25, -0.2) is 0 Å². The largest absolute Gasteiger partial charge is 0.497 e. The Morgan fingerprint density at radius 2 is 2.05 bits per heavy atom. The third-order valence-corrected chi connectivity index (χ3v) is 3.44. The van der Waals surface area contributed by atoms with Crippen LogP contribution in [0.1, 0.15) is 16.7 Å². The van der Waals surface area contributed by atoms with Gasteiger partial charge in [0, 0.05) is 10.6 Å². The summed E-state index contributed by atoms with van der Waals surface area (Å²) in [5.74, 6) is 1.30. The van der Waals surface area contributed by atoms with Crippen molar-refractivity contribution in [1.29, 1.82) is 0 Å². The molecule has 2 N–H and O–H groups in total. The molecular formula is C16H17ClN2O. The lowest BCUT2D eigenvalue weighted by molar-refractivity contribution is 0.414. The molecule has 0 aliphatic rings. The van der Waals surface area contributed by atoms with Crippen LogP contribution >= 0.6 is 11.6 Å². The Morgan fingerprint density at radius 3 is 2.75 bits per heavy atom. The van der Waals surface area contributed by atoms with Gasteiger partial charge < -0.3 is 10.5 Å². The third-order valence-electron chi connectivity index (χ3n) is 3.03. The zero-order valence-electron chi connectivity index (χ0n) is 11.6. The highest BCUT2D eigenvalue weighted by molar-refractivity contribution is 6.31. The van der Waals surface area contributed by atoms with Crippen molar-refractivity contribution in [1.82, 2.24) is 0 Å². The highest BCUT2D eigenvalue weighted by atomic mass is 35.5. The van der Waals surface area contributed by atoms with E-state index in [0.717, 1.165) is 22.4 Å². The van der Waals surface area contributed by atoms with Crippen LogP contribution in [0.25, 0.3) is 0 Å². The van der Waals surface area contributed by atoms with Crippen molar-refractivity contribution in [3.8, 4) is 5.75 Å². The molecule has 0 aliphatic heterocycles. The zero-order chi connectivity index (χ0) is 14.5. The summed E-state index contributed by atoms with van der Waals surface area (Å²) < 4.78 is 5.18. The maximum atomic E-state index is 6.09. The summed E-state index contributed by atoms with van der Waals surface area (Å²) in [4.78, 5) is 4.39. The second-order valence-corrected chi connectivity index (χ2v) is 4.92. The SMILES string of the molecule is COc1cccc(CN=C(N)c2ccc(C)c(Cl)c2)c1. The number of hydrogen-bond acceptors (Lipinski definition) is 2. The number of hydrogen-bond donors (Lipinski definition) is 1. The topological polar surface area (TPSA) is 47.6 Å². The molecule has 0 saturated heterocycles. The fourth-order valence-electron chi connectivity index (χ4n) is 1.79. The summed E-state index contributed by atoms with van der Waals surface area (Å²) in [7, 11) is 1.64. The molecule has 2 aromatic rings. The molecule has 0 spiro atoms. The Hall–Kier alpha value is -2.00. The van der Waals surface area contributed by atoms with Gasteiger partial charge in [0.2, 0.25) is 0 Å². The van der Waals surface area contributed by atoms with Gasteiger partial charge in [0.15, 0.2) is 0 Å². The molecule has 0 unspecified atom stereocenters. The standard InChI is InChI=1S/C16H17ClN2O/c1-11-6-7-13(9-15(11)17)16(18)19-10-12-4-3-5-14(8-12)20-2/h3-9H,10H2,1-2H3,(H2,18,19). The van der Waals surface area contributed by atoms with Gasteiger partial charge in [0.05, 0.1) is 13.7 Å². The van der Waals surface area contributed by atoms with Gasteiger partial charge in [-0.15, -0.1) is 0 Å². The number of methoxy groups -OCH3 is 1. The number of halogens is 1. The highest BCUT2D eigenvalue weighted by Gasteiger charge is 2.02. The van der Waals surface area contributed by atoms with Crippen LogP contribution in [0.3, 0.4) is 0 Å². The van der Waals surface area contributed by atoms with E-state index in [9.17, 15) is 0 Å². The van der Waals surface area contributed by atoms with Gasteiger partial charge in [0.25, 0.3) is 0 Å². The predicted octanol–water partition coefficient (Wildman–Crippen LogP) is 3.56. The van der Waals surface area contributed by atoms with Gasteiger partial charge in [-0.05, 0) is 36.2 Å². The summed E-state index contributed by atoms with van der Waals surface area (Å²) in [5.41, 5.74) is 8.90. The van der Waals surface area contributed by atoms with Gasteiger partial charge >= 0.3 is 0 Å². The molecule has 3 nitrogen and oxygen atoms in total. The Bertz CT molecular complexity index is 638. The second-order valence-electron chi connectivity index (χ2n) is 4.52. The Labute approximate surface area is 124 Å². The van der Waals surface area contributed by atoms with E-state index < -0.39 is 0 Å². The van der Waals surface area contributed by atoms with Crippen molar-refractivity contribution in [3.63, 3.8) is 0 Å². The molecule has 0 amide bonds. The molecule has 2 aromatic carbocycles. The number of aryl methyl sites for hydroxylation is 1. The Balaban J connectivity index is 2.15. The van der Waals surface area contributed by atoms with E-state index in [1.807, 2.05) is 49.4 Å². The lowest BCUT2D eigenvalue weighted by atomic mass is 10.1. The van der Waals surface area contributed by atoms with Crippen LogP contribution in [0.2, 0.25) is 5.02 Å². The first-order valence-electron chi connectivity index (χ1n) is 6.29. The summed E-state index contributed by atoms with van der Waals surface area (Å²) in [5, 5.41) is 0.696. The van der Waals surface area contributed by atoms with Gasteiger partial charge in [-0.2, -0.15) is 0 Å². The maximum absolute atomic E-state index is 6.09. The van der Waals surface area contributed by atoms with Crippen molar-refractivity contribution in [2.24, 2.45) is 10.7 Å². The number of nitrogens with zero attached hydrogens (tertiary/aromatic N) is 1. The smallest absolute Gasteiger partial charge is 0.126 e. The Morgan fingerprint density at radius 1 is 1.25 bits per heavy atom. The minimum atomic E-state index is 0.481. The van der Waals surface area contributed by atoms with Gasteiger partial charge in [-0.1, -0.05) is 35.9 Å². The van der Waals surface area contributed by atoms with E-state index in [-0.39, 0.29) is 0 Å². The van der Waals surface area contributed by atoms with E-state index in [0.29, 0.717) is 17.4 Å². The first kappa shape index (κ1) is 14.4. The molecule has 0 radical (unpaired) electrons. The normalized spacial score (nSPS) is 11.4. The van der Waals surface area contributed by atoms with Crippen LogP contribution in [0.15, 0.2) is 47.5 Å². The lowest BCUT2D eigenvalue weighted by Gasteiger charge is -2.05. The fraction of sp³-hybridized carbons (Fsp3) is 0.188. The van der Waals surface area contributed by atoms with Crippen LogP contribution in [0.4, 0.5) is 0 Å². The van der Waals surface area contributed by atoms with Crippen LogP contribution in [0.5, 0.6) is 5.75 Å². The van der Waals surface area contributed by atoms with Gasteiger partial charge in [-0.3, -0.25) is 4.99 Å². The number of rotatable bonds is 4. The van der Waals surface area contributed by atoms with Crippen LogP contribution in [-0.2, 0) is 6.54 Å². The average Bonchev–Trinajstić information content (AvgIpc) is 2.47. The number of ether oxygens (including phenoxy) is 1. The third kappa shape index (κ3) is 3.52. The summed E-state index contributed by atoms with van der Waals surface area (Å²) in [6.07, 6.45) is 0. The van der Waals surface area contributed by atoms with E-state index in [2.05, 4.69) is 4.99 Å². The quantitative estimate of drug-likeness (QED) is 0.691. The highest BCUT2D eigenvalue weighted by Crippen LogP contribution is 2.17. The summed E-state index contributed by atoms with van der Waals surface area (Å²) >= 11 is 6.09. The number of nitrogens with two attached hydrogens (primary N) is 1. The number of benzene rings is 2. The molecule has 0 bridgehead atoms. The summed E-state index contributed by atoms with van der Waals surface area (Å²) in [6.45, 7) is 2.46.